The van der Waals surface area contributed by atoms with Gasteiger partial charge in [0.2, 0.25) is 0 Å². The molecule has 25 heavy (non-hydrogen) atoms. The van der Waals surface area contributed by atoms with Gasteiger partial charge in [-0.25, -0.2) is 0 Å². The van der Waals surface area contributed by atoms with Crippen LogP contribution >= 0.6 is 51.2 Å². The van der Waals surface area contributed by atoms with Gasteiger partial charge in [0.15, 0.2) is 15.5 Å². The fraction of sp³-hybridized carbons (Fsp3) is 0.400. The van der Waals surface area contributed by atoms with Gasteiger partial charge in [-0.2, -0.15) is 0 Å². The van der Waals surface area contributed by atoms with Gasteiger partial charge in [-0.15, -0.1) is 0 Å². The van der Waals surface area contributed by atoms with Crippen molar-refractivity contribution in [3.8, 4) is 0 Å². The van der Waals surface area contributed by atoms with Crippen LogP contribution in [0.5, 0.6) is 0 Å². The number of hydrogen-bond acceptors (Lipinski definition) is 6. The zero-order chi connectivity index (χ0) is 18.8. The second kappa shape index (κ2) is 11.7. The highest BCUT2D eigenvalue weighted by molar-refractivity contribution is 9.10. The number of hydrogen-bond donors (Lipinski definition) is 3. The molecule has 0 bridgehead atoms. The van der Waals surface area contributed by atoms with Crippen molar-refractivity contribution < 1.29 is 0 Å². The Hall–Kier alpha value is -0.840. The largest absolute Gasteiger partial charge is 0.379 e. The van der Waals surface area contributed by atoms with Gasteiger partial charge in [0.25, 0.3) is 0 Å². The van der Waals surface area contributed by atoms with E-state index in [-0.39, 0.29) is 0 Å². The molecule has 0 unspecified atom stereocenters. The van der Waals surface area contributed by atoms with Crippen LogP contribution in [0.2, 0.25) is 0 Å². The van der Waals surface area contributed by atoms with Crippen LogP contribution in [0.15, 0.2) is 31.6 Å². The predicted molar refractivity (Wildman–Crippen MR) is 121 cm³/mol. The molecule has 0 aliphatic heterocycles. The van der Waals surface area contributed by atoms with Crippen LogP contribution in [0.3, 0.4) is 0 Å². The van der Waals surface area contributed by atoms with Gasteiger partial charge in [0.05, 0.1) is 0 Å². The molecule has 0 aliphatic rings. The van der Waals surface area contributed by atoms with Crippen molar-refractivity contribution in [1.29, 1.82) is 0 Å². The standard InChI is InChI=1S/C15H23BrN6S3/c1-20-13(17)23-6-9-4-10(7-24-14(18)21-2)12(16)11(5-9)8-25-15(19)22-3/h4-5H,6-8H2,1-3H3,(H2,17,20)(H2,18,21)(H2,19,22). The summed E-state index contributed by atoms with van der Waals surface area (Å²) in [6.07, 6.45) is 0. The fourth-order valence-electron chi connectivity index (χ4n) is 1.77. The Kier molecular flexibility index (Phi) is 10.4. The fourth-order valence-corrected chi connectivity index (χ4v) is 4.58. The third kappa shape index (κ3) is 7.93. The van der Waals surface area contributed by atoms with E-state index in [0.717, 1.165) is 32.9 Å². The Labute approximate surface area is 170 Å². The van der Waals surface area contributed by atoms with Crippen LogP contribution < -0.4 is 17.2 Å². The molecule has 0 heterocycles. The normalized spacial score (nSPS) is 13.4. The van der Waals surface area contributed by atoms with E-state index in [2.05, 4.69) is 43.0 Å². The first-order valence-electron chi connectivity index (χ1n) is 7.26. The lowest BCUT2D eigenvalue weighted by molar-refractivity contribution is 1.24. The van der Waals surface area contributed by atoms with Crippen molar-refractivity contribution in [3.05, 3.63) is 33.3 Å². The van der Waals surface area contributed by atoms with E-state index >= 15 is 0 Å². The van der Waals surface area contributed by atoms with Crippen LogP contribution in [-0.4, -0.2) is 36.6 Å². The highest BCUT2D eigenvalue weighted by Gasteiger charge is 2.11. The molecule has 1 aromatic carbocycles. The Balaban J connectivity index is 3.06. The molecule has 1 aromatic rings. The smallest absolute Gasteiger partial charge is 0.153 e. The summed E-state index contributed by atoms with van der Waals surface area (Å²) >= 11 is 8.23. The second-order valence-corrected chi connectivity index (χ2v) is 8.56. The van der Waals surface area contributed by atoms with Crippen molar-refractivity contribution in [3.63, 3.8) is 0 Å². The minimum Gasteiger partial charge on any atom is -0.379 e. The molecule has 6 N–H and O–H groups in total. The molecule has 0 fully saturated rings. The maximum absolute atomic E-state index is 5.80. The van der Waals surface area contributed by atoms with Gasteiger partial charge in [0, 0.05) is 42.9 Å². The molecule has 10 heteroatoms. The minimum atomic E-state index is 0.562. The van der Waals surface area contributed by atoms with Crippen molar-refractivity contribution >= 4 is 66.7 Å². The highest BCUT2D eigenvalue weighted by Crippen LogP contribution is 2.31. The summed E-state index contributed by atoms with van der Waals surface area (Å²) in [7, 11) is 5.06. The third-order valence-electron chi connectivity index (χ3n) is 3.08. The van der Waals surface area contributed by atoms with E-state index in [1.165, 1.54) is 40.8 Å². The molecule has 0 atom stereocenters. The molecule has 0 saturated carbocycles. The van der Waals surface area contributed by atoms with Crippen LogP contribution in [0.4, 0.5) is 0 Å². The quantitative estimate of drug-likeness (QED) is 0.441. The van der Waals surface area contributed by atoms with Crippen molar-refractivity contribution in [1.82, 2.24) is 0 Å². The van der Waals surface area contributed by atoms with Crippen LogP contribution in [0.1, 0.15) is 16.7 Å². The molecule has 0 radical (unpaired) electrons. The number of thioether (sulfide) groups is 3. The van der Waals surface area contributed by atoms with Crippen molar-refractivity contribution in [2.75, 3.05) is 21.1 Å². The molecule has 1 rings (SSSR count). The molecule has 138 valence electrons. The summed E-state index contributed by atoms with van der Waals surface area (Å²) in [6.45, 7) is 0. The number of benzene rings is 1. The molecule has 0 saturated heterocycles. The molecule has 0 aliphatic carbocycles. The van der Waals surface area contributed by atoms with E-state index in [9.17, 15) is 0 Å². The first-order valence-corrected chi connectivity index (χ1v) is 11.0. The van der Waals surface area contributed by atoms with Gasteiger partial charge in [-0.3, -0.25) is 15.0 Å². The summed E-state index contributed by atoms with van der Waals surface area (Å²) in [5.74, 6) is 2.21. The van der Waals surface area contributed by atoms with Gasteiger partial charge in [-0.1, -0.05) is 63.3 Å². The Morgan fingerprint density at radius 3 is 1.52 bits per heavy atom. The topological polar surface area (TPSA) is 115 Å². The molecular weight excluding hydrogens is 440 g/mol. The molecule has 0 amide bonds. The summed E-state index contributed by atoms with van der Waals surface area (Å²) in [4.78, 5) is 12.0. The van der Waals surface area contributed by atoms with Crippen LogP contribution in [0.25, 0.3) is 0 Å². The summed E-state index contributed by atoms with van der Waals surface area (Å²) in [5, 5.41) is 1.69. The second-order valence-electron chi connectivity index (χ2n) is 4.78. The monoisotopic (exact) mass is 462 g/mol. The van der Waals surface area contributed by atoms with Crippen molar-refractivity contribution in [2.24, 2.45) is 32.2 Å². The maximum atomic E-state index is 5.80. The lowest BCUT2D eigenvalue weighted by atomic mass is 10.1. The summed E-state index contributed by atoms with van der Waals surface area (Å²) in [6, 6.07) is 4.31. The number of nitrogens with two attached hydrogens (primary N) is 3. The minimum absolute atomic E-state index is 0.562. The van der Waals surface area contributed by atoms with Crippen LogP contribution in [-0.2, 0) is 17.3 Å². The lowest BCUT2D eigenvalue weighted by Crippen LogP contribution is -2.08. The zero-order valence-electron chi connectivity index (χ0n) is 14.5. The van der Waals surface area contributed by atoms with Gasteiger partial charge >= 0.3 is 0 Å². The number of nitrogens with zero attached hydrogens (tertiary/aromatic N) is 3. The number of halogens is 1. The lowest BCUT2D eigenvalue weighted by Gasteiger charge is -2.13. The number of rotatable bonds is 6. The molecule has 0 spiro atoms. The Bertz CT molecular complexity index is 632. The van der Waals surface area contributed by atoms with Gasteiger partial charge < -0.3 is 17.2 Å². The first-order chi connectivity index (χ1) is 11.9. The Morgan fingerprint density at radius 2 is 1.16 bits per heavy atom. The third-order valence-corrected chi connectivity index (χ3v) is 6.92. The first kappa shape index (κ1) is 22.2. The zero-order valence-corrected chi connectivity index (χ0v) is 18.5. The average Bonchev–Trinajstić information content (AvgIpc) is 2.63. The van der Waals surface area contributed by atoms with Gasteiger partial charge in [-0.05, 0) is 16.7 Å². The predicted octanol–water partition coefficient (Wildman–Crippen LogP) is 2.98. The Morgan fingerprint density at radius 1 is 0.800 bits per heavy atom. The average molecular weight is 463 g/mol. The van der Waals surface area contributed by atoms with Gasteiger partial charge in [0.1, 0.15) is 0 Å². The highest BCUT2D eigenvalue weighted by atomic mass is 79.9. The molecule has 0 aromatic heterocycles. The van der Waals surface area contributed by atoms with E-state index in [1.54, 1.807) is 21.1 Å². The maximum Gasteiger partial charge on any atom is 0.153 e. The van der Waals surface area contributed by atoms with E-state index < -0.39 is 0 Å². The van der Waals surface area contributed by atoms with Crippen molar-refractivity contribution in [2.45, 2.75) is 17.3 Å². The van der Waals surface area contributed by atoms with E-state index in [0.29, 0.717) is 15.5 Å². The number of amidine groups is 3. The van der Waals surface area contributed by atoms with Crippen LogP contribution in [0, 0.1) is 0 Å². The summed E-state index contributed by atoms with van der Waals surface area (Å²) in [5.41, 5.74) is 20.9. The number of aliphatic imine (C=N–C) groups is 3. The summed E-state index contributed by atoms with van der Waals surface area (Å²) < 4.78 is 1.06. The molecular formula is C15H23BrN6S3. The van der Waals surface area contributed by atoms with E-state index in [4.69, 9.17) is 17.2 Å². The SMILES string of the molecule is CN=C(N)SCc1cc(CSC(N)=NC)c(Br)c(CSC(N)=NC)c1. The molecule has 6 nitrogen and oxygen atoms in total. The van der Waals surface area contributed by atoms with E-state index in [1.807, 2.05) is 0 Å².